The summed E-state index contributed by atoms with van der Waals surface area (Å²) in [6.07, 6.45) is 2.53. The summed E-state index contributed by atoms with van der Waals surface area (Å²) in [5.41, 5.74) is 0. The molecule has 0 amide bonds. The molecular formula is C17H33NO6. The van der Waals surface area contributed by atoms with E-state index in [1.807, 2.05) is 7.05 Å². The molecule has 0 unspecified atom stereocenters. The number of carbonyl (C=O) groups is 2. The number of hydrogen-bond acceptors (Lipinski definition) is 7. The predicted octanol–water partition coefficient (Wildman–Crippen LogP) is 0.991. The van der Waals surface area contributed by atoms with Crippen LogP contribution >= 0.6 is 0 Å². The van der Waals surface area contributed by atoms with Crippen LogP contribution in [0, 0.1) is 0 Å². The maximum atomic E-state index is 11.5. The normalized spacial score (nSPS) is 10.9. The van der Waals surface area contributed by atoms with E-state index in [0.29, 0.717) is 59.1 Å². The van der Waals surface area contributed by atoms with Crippen LogP contribution in [0.4, 0.5) is 0 Å². The summed E-state index contributed by atoms with van der Waals surface area (Å²) in [6, 6.07) is 0. The van der Waals surface area contributed by atoms with Crippen molar-refractivity contribution in [2.24, 2.45) is 0 Å². The number of Topliss-reactive ketones (excluding diaryl/α,β-unsaturated/α-hetero) is 2. The summed E-state index contributed by atoms with van der Waals surface area (Å²) in [5, 5.41) is 3.00. The highest BCUT2D eigenvalue weighted by atomic mass is 16.6. The number of nitrogens with one attached hydrogen (secondary N) is 1. The van der Waals surface area contributed by atoms with Gasteiger partial charge in [0.25, 0.3) is 0 Å². The zero-order valence-corrected chi connectivity index (χ0v) is 15.1. The number of rotatable bonds is 19. The van der Waals surface area contributed by atoms with E-state index in [9.17, 15) is 9.59 Å². The molecule has 0 aromatic rings. The first kappa shape index (κ1) is 23.1. The van der Waals surface area contributed by atoms with Gasteiger partial charge in [0, 0.05) is 19.4 Å². The predicted molar refractivity (Wildman–Crippen MR) is 91.4 cm³/mol. The van der Waals surface area contributed by atoms with Gasteiger partial charge in [-0.05, 0) is 26.8 Å². The van der Waals surface area contributed by atoms with Crippen molar-refractivity contribution in [3.63, 3.8) is 0 Å². The van der Waals surface area contributed by atoms with Crippen molar-refractivity contribution in [3.05, 3.63) is 0 Å². The Hall–Kier alpha value is -0.860. The Balaban J connectivity index is 3.14. The van der Waals surface area contributed by atoms with Gasteiger partial charge in [-0.3, -0.25) is 4.79 Å². The highest BCUT2D eigenvalue weighted by Crippen LogP contribution is 2.01. The summed E-state index contributed by atoms with van der Waals surface area (Å²) in [7, 11) is 1.88. The minimum Gasteiger partial charge on any atom is -0.378 e. The topological polar surface area (TPSA) is 83.1 Å². The minimum absolute atomic E-state index is 0.0696. The number of unbranched alkanes of at least 4 members (excludes halogenated alkanes) is 1. The summed E-state index contributed by atoms with van der Waals surface area (Å²) >= 11 is 0. The number of hydrogen-bond donors (Lipinski definition) is 1. The van der Waals surface area contributed by atoms with Gasteiger partial charge in [0.2, 0.25) is 0 Å². The van der Waals surface area contributed by atoms with Crippen LogP contribution in [-0.2, 0) is 28.5 Å². The van der Waals surface area contributed by atoms with Crippen molar-refractivity contribution < 1.29 is 28.5 Å². The van der Waals surface area contributed by atoms with Crippen LogP contribution in [0.2, 0.25) is 0 Å². The Morgan fingerprint density at radius 3 is 1.79 bits per heavy atom. The van der Waals surface area contributed by atoms with Crippen molar-refractivity contribution in [3.8, 4) is 0 Å². The lowest BCUT2D eigenvalue weighted by atomic mass is 10.1. The molecule has 0 atom stereocenters. The lowest BCUT2D eigenvalue weighted by molar-refractivity contribution is -0.124. The molecule has 7 nitrogen and oxygen atoms in total. The Morgan fingerprint density at radius 2 is 1.25 bits per heavy atom. The number of ether oxygens (including phenoxy) is 4. The molecule has 0 aliphatic carbocycles. The van der Waals surface area contributed by atoms with Gasteiger partial charge in [0.05, 0.1) is 46.2 Å². The van der Waals surface area contributed by atoms with Crippen molar-refractivity contribution in [2.45, 2.75) is 32.6 Å². The maximum absolute atomic E-state index is 11.5. The Labute approximate surface area is 145 Å². The van der Waals surface area contributed by atoms with E-state index in [0.717, 1.165) is 19.4 Å². The van der Waals surface area contributed by atoms with E-state index in [1.54, 1.807) is 6.92 Å². The fourth-order valence-electron chi connectivity index (χ4n) is 1.79. The summed E-state index contributed by atoms with van der Waals surface area (Å²) in [6.45, 7) is 6.20. The van der Waals surface area contributed by atoms with Gasteiger partial charge in [-0.2, -0.15) is 0 Å². The SMILES string of the molecule is CNCCOCCOCCOCCOCC(=O)CCCCC(C)=O. The maximum Gasteiger partial charge on any atom is 0.158 e. The van der Waals surface area contributed by atoms with E-state index < -0.39 is 0 Å². The van der Waals surface area contributed by atoms with E-state index in [2.05, 4.69) is 5.32 Å². The second-order valence-corrected chi connectivity index (χ2v) is 5.44. The molecule has 0 aromatic carbocycles. The second-order valence-electron chi connectivity index (χ2n) is 5.44. The molecular weight excluding hydrogens is 314 g/mol. The first-order valence-corrected chi connectivity index (χ1v) is 8.63. The summed E-state index contributed by atoms with van der Waals surface area (Å²) in [5.74, 6) is 0.237. The summed E-state index contributed by atoms with van der Waals surface area (Å²) < 4.78 is 21.2. The third-order valence-corrected chi connectivity index (χ3v) is 3.11. The van der Waals surface area contributed by atoms with Crippen LogP contribution in [0.1, 0.15) is 32.6 Å². The molecule has 0 aliphatic rings. The highest BCUT2D eigenvalue weighted by Gasteiger charge is 2.02. The molecule has 24 heavy (non-hydrogen) atoms. The molecule has 0 rings (SSSR count). The van der Waals surface area contributed by atoms with Gasteiger partial charge in [-0.25, -0.2) is 0 Å². The van der Waals surface area contributed by atoms with Crippen LogP contribution in [-0.4, -0.2) is 78.0 Å². The molecule has 0 bridgehead atoms. The standard InChI is InChI=1S/C17H33NO6/c1-16(19)5-3-4-6-17(20)15-24-14-13-23-12-11-22-10-9-21-8-7-18-2/h18H,3-15H2,1-2H3. The average Bonchev–Trinajstić information content (AvgIpc) is 2.55. The van der Waals surface area contributed by atoms with Crippen molar-refractivity contribution >= 4 is 11.6 Å². The highest BCUT2D eigenvalue weighted by molar-refractivity contribution is 5.79. The largest absolute Gasteiger partial charge is 0.378 e. The van der Waals surface area contributed by atoms with Crippen molar-refractivity contribution in [1.82, 2.24) is 5.32 Å². The van der Waals surface area contributed by atoms with E-state index in [1.165, 1.54) is 0 Å². The van der Waals surface area contributed by atoms with E-state index >= 15 is 0 Å². The fourth-order valence-corrected chi connectivity index (χ4v) is 1.79. The minimum atomic E-state index is 0.0696. The van der Waals surface area contributed by atoms with Crippen LogP contribution < -0.4 is 5.32 Å². The quantitative estimate of drug-likeness (QED) is 0.349. The van der Waals surface area contributed by atoms with Gasteiger partial charge in [-0.15, -0.1) is 0 Å². The van der Waals surface area contributed by atoms with Crippen LogP contribution in [0.25, 0.3) is 0 Å². The van der Waals surface area contributed by atoms with Crippen LogP contribution in [0.3, 0.4) is 0 Å². The summed E-state index contributed by atoms with van der Waals surface area (Å²) in [4.78, 5) is 22.3. The van der Waals surface area contributed by atoms with E-state index in [4.69, 9.17) is 18.9 Å². The molecule has 0 spiro atoms. The zero-order chi connectivity index (χ0) is 17.9. The van der Waals surface area contributed by atoms with Crippen LogP contribution in [0.5, 0.6) is 0 Å². The molecule has 0 saturated heterocycles. The third-order valence-electron chi connectivity index (χ3n) is 3.11. The average molecular weight is 347 g/mol. The third kappa shape index (κ3) is 19.2. The molecule has 142 valence electrons. The fraction of sp³-hybridized carbons (Fsp3) is 0.882. The molecule has 1 N–H and O–H groups in total. The monoisotopic (exact) mass is 347 g/mol. The van der Waals surface area contributed by atoms with Gasteiger partial charge >= 0.3 is 0 Å². The van der Waals surface area contributed by atoms with Gasteiger partial charge in [0.15, 0.2) is 5.78 Å². The molecule has 0 radical (unpaired) electrons. The number of carbonyl (C=O) groups excluding carboxylic acids is 2. The first-order chi connectivity index (χ1) is 11.7. The zero-order valence-electron chi connectivity index (χ0n) is 15.1. The molecule has 0 fully saturated rings. The molecule has 7 heteroatoms. The van der Waals surface area contributed by atoms with Gasteiger partial charge < -0.3 is 29.1 Å². The Bertz CT molecular complexity index is 311. The number of ketones is 2. The number of likely N-dealkylation sites (N-methyl/N-ethyl adjacent to an activating group) is 1. The lowest BCUT2D eigenvalue weighted by Crippen LogP contribution is -2.17. The Morgan fingerprint density at radius 1 is 0.750 bits per heavy atom. The molecule has 0 saturated carbocycles. The second kappa shape index (κ2) is 18.5. The van der Waals surface area contributed by atoms with Gasteiger partial charge in [0.1, 0.15) is 12.4 Å². The molecule has 0 aromatic heterocycles. The smallest absolute Gasteiger partial charge is 0.158 e. The van der Waals surface area contributed by atoms with Gasteiger partial charge in [-0.1, -0.05) is 0 Å². The lowest BCUT2D eigenvalue weighted by Gasteiger charge is -2.07. The molecule has 0 heterocycles. The van der Waals surface area contributed by atoms with Crippen molar-refractivity contribution in [1.29, 1.82) is 0 Å². The molecule has 0 aliphatic heterocycles. The van der Waals surface area contributed by atoms with Crippen LogP contribution in [0.15, 0.2) is 0 Å². The first-order valence-electron chi connectivity index (χ1n) is 8.63. The Kier molecular flexibility index (Phi) is 17.8. The van der Waals surface area contributed by atoms with Crippen molar-refractivity contribution in [2.75, 3.05) is 66.4 Å². The van der Waals surface area contributed by atoms with E-state index in [-0.39, 0.29) is 18.2 Å².